The Hall–Kier alpha value is -4.20. The number of nitriles is 2. The van der Waals surface area contributed by atoms with Crippen molar-refractivity contribution in [3.05, 3.63) is 60.7 Å². The Morgan fingerprint density at radius 1 is 0.758 bits per heavy atom. The SMILES string of the molecule is CC(C)(N)C(C)(C)Oc1cc(-c2ccc(OC#N)cc2)c(O)cc1-c1ccc(OC#N)cc1. The highest BCUT2D eigenvalue weighted by Crippen LogP contribution is 2.43. The molecular weight excluding hydrogens is 418 g/mol. The zero-order valence-corrected chi connectivity index (χ0v) is 18.9. The molecule has 0 atom stereocenters. The summed E-state index contributed by atoms with van der Waals surface area (Å²) in [5.74, 6) is 1.39. The molecule has 0 saturated heterocycles. The average molecular weight is 444 g/mol. The summed E-state index contributed by atoms with van der Waals surface area (Å²) in [6.45, 7) is 7.58. The smallest absolute Gasteiger partial charge is 0.292 e. The molecule has 7 heteroatoms. The summed E-state index contributed by atoms with van der Waals surface area (Å²) >= 11 is 0. The van der Waals surface area contributed by atoms with E-state index in [1.165, 1.54) is 0 Å². The second-order valence-electron chi connectivity index (χ2n) is 8.64. The molecule has 168 valence electrons. The molecule has 33 heavy (non-hydrogen) atoms. The first kappa shape index (κ1) is 23.5. The van der Waals surface area contributed by atoms with Gasteiger partial charge < -0.3 is 25.1 Å². The summed E-state index contributed by atoms with van der Waals surface area (Å²) in [6.07, 6.45) is 3.28. The van der Waals surface area contributed by atoms with Gasteiger partial charge in [-0.2, -0.15) is 0 Å². The predicted octanol–water partition coefficient (Wildman–Crippen LogP) is 5.34. The molecule has 0 aliphatic rings. The fourth-order valence-electron chi connectivity index (χ4n) is 3.03. The van der Waals surface area contributed by atoms with Crippen LogP contribution in [0.4, 0.5) is 0 Å². The molecule has 0 saturated carbocycles. The maximum Gasteiger partial charge on any atom is 0.292 e. The van der Waals surface area contributed by atoms with Crippen LogP contribution in [-0.2, 0) is 0 Å². The third kappa shape index (κ3) is 5.17. The van der Waals surface area contributed by atoms with Gasteiger partial charge in [0.15, 0.2) is 0 Å². The van der Waals surface area contributed by atoms with E-state index in [0.29, 0.717) is 28.4 Å². The first-order valence-electron chi connectivity index (χ1n) is 10.2. The summed E-state index contributed by atoms with van der Waals surface area (Å²) < 4.78 is 16.1. The molecule has 0 fully saturated rings. The topological polar surface area (TPSA) is 122 Å². The third-order valence-electron chi connectivity index (χ3n) is 5.67. The molecule has 0 aliphatic heterocycles. The molecule has 3 N–H and O–H groups in total. The van der Waals surface area contributed by atoms with Crippen molar-refractivity contribution < 1.29 is 19.3 Å². The Morgan fingerprint density at radius 2 is 1.21 bits per heavy atom. The van der Waals surface area contributed by atoms with Gasteiger partial charge in [0.25, 0.3) is 12.5 Å². The zero-order chi connectivity index (χ0) is 24.2. The van der Waals surface area contributed by atoms with Crippen molar-refractivity contribution in [3.63, 3.8) is 0 Å². The summed E-state index contributed by atoms with van der Waals surface area (Å²) in [5.41, 5.74) is 7.64. The van der Waals surface area contributed by atoms with Gasteiger partial charge >= 0.3 is 0 Å². The number of hydrogen-bond donors (Lipinski definition) is 2. The van der Waals surface area contributed by atoms with Gasteiger partial charge in [0.2, 0.25) is 0 Å². The third-order valence-corrected chi connectivity index (χ3v) is 5.67. The number of nitrogens with zero attached hydrogens (tertiary/aromatic N) is 2. The molecule has 3 rings (SSSR count). The van der Waals surface area contributed by atoms with Crippen molar-refractivity contribution >= 4 is 0 Å². The van der Waals surface area contributed by atoms with Crippen LogP contribution in [0, 0.1) is 23.0 Å². The van der Waals surface area contributed by atoms with Crippen molar-refractivity contribution in [2.75, 3.05) is 0 Å². The molecule has 7 nitrogen and oxygen atoms in total. The molecule has 0 unspecified atom stereocenters. The van der Waals surface area contributed by atoms with E-state index >= 15 is 0 Å². The average Bonchev–Trinajstić information content (AvgIpc) is 2.75. The molecule has 0 bridgehead atoms. The first-order valence-corrected chi connectivity index (χ1v) is 10.2. The number of rotatable bonds is 7. The summed E-state index contributed by atoms with van der Waals surface area (Å²) in [7, 11) is 0. The Labute approximate surface area is 193 Å². The largest absolute Gasteiger partial charge is 0.507 e. The maximum atomic E-state index is 10.9. The van der Waals surface area contributed by atoms with Gasteiger partial charge in [0.1, 0.15) is 28.6 Å². The van der Waals surface area contributed by atoms with Gasteiger partial charge in [-0.15, -0.1) is 10.5 Å². The van der Waals surface area contributed by atoms with Gasteiger partial charge in [0, 0.05) is 16.7 Å². The number of phenols is 1. The lowest BCUT2D eigenvalue weighted by molar-refractivity contribution is 0.0410. The molecule has 0 spiro atoms. The van der Waals surface area contributed by atoms with Crippen molar-refractivity contribution in [2.45, 2.75) is 38.8 Å². The second-order valence-corrected chi connectivity index (χ2v) is 8.64. The monoisotopic (exact) mass is 443 g/mol. The normalized spacial score (nSPS) is 11.2. The van der Waals surface area contributed by atoms with Crippen molar-refractivity contribution in [1.82, 2.24) is 0 Å². The second kappa shape index (κ2) is 9.12. The van der Waals surface area contributed by atoms with Crippen molar-refractivity contribution in [2.24, 2.45) is 5.73 Å². The van der Waals surface area contributed by atoms with Gasteiger partial charge in [-0.1, -0.05) is 24.3 Å². The van der Waals surface area contributed by atoms with Crippen LogP contribution in [0.25, 0.3) is 22.3 Å². The lowest BCUT2D eigenvalue weighted by Gasteiger charge is -2.39. The lowest BCUT2D eigenvalue weighted by Crippen LogP contribution is -2.56. The molecule has 0 aliphatic carbocycles. The van der Waals surface area contributed by atoms with Crippen LogP contribution in [0.15, 0.2) is 60.7 Å². The minimum Gasteiger partial charge on any atom is -0.507 e. The molecule has 0 heterocycles. The Morgan fingerprint density at radius 3 is 1.64 bits per heavy atom. The fourth-order valence-corrected chi connectivity index (χ4v) is 3.03. The summed E-state index contributed by atoms with van der Waals surface area (Å²) in [4.78, 5) is 0. The minimum atomic E-state index is -0.746. The maximum absolute atomic E-state index is 10.9. The highest BCUT2D eigenvalue weighted by molar-refractivity contribution is 5.81. The van der Waals surface area contributed by atoms with E-state index in [-0.39, 0.29) is 5.75 Å². The van der Waals surface area contributed by atoms with Crippen LogP contribution in [0.3, 0.4) is 0 Å². The highest BCUT2D eigenvalue weighted by atomic mass is 16.5. The zero-order valence-electron chi connectivity index (χ0n) is 18.9. The quantitative estimate of drug-likeness (QED) is 0.473. The summed E-state index contributed by atoms with van der Waals surface area (Å²) in [6, 6.07) is 17.1. The van der Waals surface area contributed by atoms with E-state index in [1.54, 1.807) is 73.2 Å². The molecule has 0 radical (unpaired) electrons. The number of aromatic hydroxyl groups is 1. The molecule has 3 aromatic carbocycles. The van der Waals surface area contributed by atoms with Crippen LogP contribution in [0.5, 0.6) is 23.0 Å². The van der Waals surface area contributed by atoms with E-state index in [4.69, 9.17) is 30.5 Å². The molecular formula is C26H25N3O4. The number of hydrogen-bond acceptors (Lipinski definition) is 7. The standard InChI is InChI=1S/C26H25N3O4/c1-25(2,29)26(3,4)33-24-14-21(17-5-9-19(10-6-17)31-15-27)23(30)13-22(24)18-7-11-20(12-8-18)32-16-28/h5-14,30H,29H2,1-4H3. The van der Waals surface area contributed by atoms with E-state index in [0.717, 1.165) is 11.1 Å². The molecule has 0 aromatic heterocycles. The number of phenolic OH excluding ortho intramolecular Hbond substituents is 1. The Bertz CT molecular complexity index is 1210. The van der Waals surface area contributed by atoms with E-state index < -0.39 is 11.1 Å². The van der Waals surface area contributed by atoms with Crippen LogP contribution in [0.1, 0.15) is 27.7 Å². The molecule has 3 aromatic rings. The minimum absolute atomic E-state index is 0.0495. The van der Waals surface area contributed by atoms with Gasteiger partial charge in [-0.3, -0.25) is 0 Å². The Kier molecular flexibility index (Phi) is 6.48. The fraction of sp³-hybridized carbons (Fsp3) is 0.231. The highest BCUT2D eigenvalue weighted by Gasteiger charge is 2.36. The summed E-state index contributed by atoms with van der Waals surface area (Å²) in [5, 5.41) is 28.3. The van der Waals surface area contributed by atoms with Crippen LogP contribution < -0.4 is 19.9 Å². The van der Waals surface area contributed by atoms with Gasteiger partial charge in [-0.05, 0) is 75.2 Å². The molecule has 0 amide bonds. The van der Waals surface area contributed by atoms with Crippen LogP contribution >= 0.6 is 0 Å². The first-order chi connectivity index (χ1) is 15.6. The lowest BCUT2D eigenvalue weighted by atomic mass is 9.86. The van der Waals surface area contributed by atoms with E-state index in [9.17, 15) is 5.11 Å². The number of ether oxygens (including phenoxy) is 3. The Balaban J connectivity index is 2.13. The number of nitrogens with two attached hydrogens (primary N) is 1. The van der Waals surface area contributed by atoms with Crippen molar-refractivity contribution in [3.8, 4) is 57.8 Å². The van der Waals surface area contributed by atoms with Gasteiger partial charge in [-0.25, -0.2) is 0 Å². The van der Waals surface area contributed by atoms with Crippen LogP contribution in [0.2, 0.25) is 0 Å². The van der Waals surface area contributed by atoms with Crippen molar-refractivity contribution in [1.29, 1.82) is 10.5 Å². The van der Waals surface area contributed by atoms with Gasteiger partial charge in [0.05, 0.1) is 0 Å². The number of benzene rings is 3. The van der Waals surface area contributed by atoms with Crippen LogP contribution in [-0.4, -0.2) is 16.2 Å². The van der Waals surface area contributed by atoms with E-state index in [1.807, 2.05) is 27.7 Å². The predicted molar refractivity (Wildman–Crippen MR) is 124 cm³/mol. The van der Waals surface area contributed by atoms with E-state index in [2.05, 4.69) is 0 Å².